The maximum atomic E-state index is 10.4. The lowest BCUT2D eigenvalue weighted by Gasteiger charge is -2.22. The molecule has 3 heteroatoms. The van der Waals surface area contributed by atoms with Crippen molar-refractivity contribution in [3.05, 3.63) is 0 Å². The molecule has 2 unspecified atom stereocenters. The summed E-state index contributed by atoms with van der Waals surface area (Å²) in [6.45, 7) is 2.54. The SMILES string of the molecule is CC(O)N1CCCC1C=O. The Morgan fingerprint density at radius 3 is 2.90 bits per heavy atom. The van der Waals surface area contributed by atoms with Crippen LogP contribution in [0.1, 0.15) is 19.8 Å². The van der Waals surface area contributed by atoms with Gasteiger partial charge in [-0.05, 0) is 19.8 Å². The maximum absolute atomic E-state index is 10.4. The fourth-order valence-electron chi connectivity index (χ4n) is 1.42. The zero-order valence-corrected chi connectivity index (χ0v) is 6.16. The van der Waals surface area contributed by atoms with Gasteiger partial charge in [0, 0.05) is 6.54 Å². The molecule has 1 rings (SSSR count). The summed E-state index contributed by atoms with van der Waals surface area (Å²) in [5.41, 5.74) is 0. The normalized spacial score (nSPS) is 30.4. The number of hydrogen-bond donors (Lipinski definition) is 1. The summed E-state index contributed by atoms with van der Waals surface area (Å²) in [4.78, 5) is 12.2. The Balaban J connectivity index is 2.49. The number of nitrogens with zero attached hydrogens (tertiary/aromatic N) is 1. The van der Waals surface area contributed by atoms with E-state index in [1.54, 1.807) is 6.92 Å². The number of aliphatic hydroxyl groups excluding tert-OH is 1. The van der Waals surface area contributed by atoms with E-state index < -0.39 is 6.23 Å². The molecule has 1 saturated heterocycles. The van der Waals surface area contributed by atoms with Gasteiger partial charge in [0.05, 0.1) is 6.04 Å². The summed E-state index contributed by atoms with van der Waals surface area (Å²) in [6, 6.07) is -0.0417. The molecule has 0 spiro atoms. The smallest absolute Gasteiger partial charge is 0.137 e. The first kappa shape index (κ1) is 7.69. The first-order valence-electron chi connectivity index (χ1n) is 3.65. The third-order valence-corrected chi connectivity index (χ3v) is 1.98. The highest BCUT2D eigenvalue weighted by Gasteiger charge is 2.26. The van der Waals surface area contributed by atoms with Crippen LogP contribution in [0, 0.1) is 0 Å². The number of carbonyl (C=O) groups is 1. The summed E-state index contributed by atoms with van der Waals surface area (Å²) < 4.78 is 0. The van der Waals surface area contributed by atoms with Crippen molar-refractivity contribution in [1.29, 1.82) is 0 Å². The minimum atomic E-state index is -0.474. The molecule has 0 radical (unpaired) electrons. The first-order valence-corrected chi connectivity index (χ1v) is 3.65. The Labute approximate surface area is 60.6 Å². The number of aliphatic hydroxyl groups is 1. The van der Waals surface area contributed by atoms with E-state index in [-0.39, 0.29) is 6.04 Å². The number of hydrogen-bond acceptors (Lipinski definition) is 3. The number of likely N-dealkylation sites (tertiary alicyclic amines) is 1. The van der Waals surface area contributed by atoms with Gasteiger partial charge in [0.2, 0.25) is 0 Å². The van der Waals surface area contributed by atoms with Crippen LogP contribution in [-0.2, 0) is 4.79 Å². The highest BCUT2D eigenvalue weighted by atomic mass is 16.3. The largest absolute Gasteiger partial charge is 0.379 e. The number of rotatable bonds is 2. The van der Waals surface area contributed by atoms with Crippen LogP contribution >= 0.6 is 0 Å². The van der Waals surface area contributed by atoms with Crippen LogP contribution in [0.15, 0.2) is 0 Å². The second-order valence-electron chi connectivity index (χ2n) is 2.72. The predicted molar refractivity (Wildman–Crippen MR) is 37.5 cm³/mol. The van der Waals surface area contributed by atoms with Crippen molar-refractivity contribution in [2.45, 2.75) is 32.0 Å². The Morgan fingerprint density at radius 1 is 1.80 bits per heavy atom. The van der Waals surface area contributed by atoms with Gasteiger partial charge in [-0.1, -0.05) is 0 Å². The lowest BCUT2D eigenvalue weighted by atomic mass is 10.2. The van der Waals surface area contributed by atoms with E-state index in [1.165, 1.54) is 0 Å². The van der Waals surface area contributed by atoms with Crippen LogP contribution in [0.4, 0.5) is 0 Å². The molecule has 0 aromatic carbocycles. The minimum Gasteiger partial charge on any atom is -0.379 e. The molecule has 0 aromatic rings. The van der Waals surface area contributed by atoms with E-state index in [1.807, 2.05) is 4.90 Å². The van der Waals surface area contributed by atoms with E-state index in [2.05, 4.69) is 0 Å². The van der Waals surface area contributed by atoms with E-state index in [0.29, 0.717) is 0 Å². The van der Waals surface area contributed by atoms with Gasteiger partial charge >= 0.3 is 0 Å². The molecule has 0 saturated carbocycles. The zero-order valence-electron chi connectivity index (χ0n) is 6.16. The molecule has 1 fully saturated rings. The average Bonchev–Trinajstić information content (AvgIpc) is 2.33. The fourth-order valence-corrected chi connectivity index (χ4v) is 1.42. The van der Waals surface area contributed by atoms with E-state index >= 15 is 0 Å². The van der Waals surface area contributed by atoms with Crippen LogP contribution in [0.5, 0.6) is 0 Å². The highest BCUT2D eigenvalue weighted by Crippen LogP contribution is 2.16. The monoisotopic (exact) mass is 143 g/mol. The van der Waals surface area contributed by atoms with Gasteiger partial charge in [-0.15, -0.1) is 0 Å². The summed E-state index contributed by atoms with van der Waals surface area (Å²) in [6.07, 6.45) is 2.36. The molecule has 1 aliphatic rings. The molecule has 3 nitrogen and oxygen atoms in total. The molecular formula is C7H13NO2. The van der Waals surface area contributed by atoms with Crippen LogP contribution in [0.25, 0.3) is 0 Å². The molecule has 2 atom stereocenters. The number of carbonyl (C=O) groups excluding carboxylic acids is 1. The molecule has 1 N–H and O–H groups in total. The van der Waals surface area contributed by atoms with Gasteiger partial charge in [-0.2, -0.15) is 0 Å². The topological polar surface area (TPSA) is 40.5 Å². The molecule has 0 amide bonds. The molecular weight excluding hydrogens is 130 g/mol. The summed E-state index contributed by atoms with van der Waals surface area (Å²) >= 11 is 0. The second-order valence-corrected chi connectivity index (χ2v) is 2.72. The van der Waals surface area contributed by atoms with Gasteiger partial charge in [0.25, 0.3) is 0 Å². The highest BCUT2D eigenvalue weighted by molar-refractivity contribution is 5.58. The van der Waals surface area contributed by atoms with Crippen molar-refractivity contribution in [3.63, 3.8) is 0 Å². The molecule has 1 aliphatic heterocycles. The van der Waals surface area contributed by atoms with Crippen LogP contribution in [0.2, 0.25) is 0 Å². The molecule has 1 heterocycles. The summed E-state index contributed by atoms with van der Waals surface area (Å²) in [5.74, 6) is 0. The summed E-state index contributed by atoms with van der Waals surface area (Å²) in [5, 5.41) is 9.12. The van der Waals surface area contributed by atoms with E-state index in [0.717, 1.165) is 25.7 Å². The summed E-state index contributed by atoms with van der Waals surface area (Å²) in [7, 11) is 0. The second kappa shape index (κ2) is 3.12. The van der Waals surface area contributed by atoms with Gasteiger partial charge in [0.15, 0.2) is 0 Å². The maximum Gasteiger partial charge on any atom is 0.137 e. The Hall–Kier alpha value is -0.410. The fraction of sp³-hybridized carbons (Fsp3) is 0.857. The van der Waals surface area contributed by atoms with Crippen LogP contribution < -0.4 is 0 Å². The van der Waals surface area contributed by atoms with Crippen molar-refractivity contribution in [1.82, 2.24) is 4.90 Å². The Morgan fingerprint density at radius 2 is 2.50 bits per heavy atom. The van der Waals surface area contributed by atoms with Gasteiger partial charge < -0.3 is 9.90 Å². The Bertz CT molecular complexity index is 125. The van der Waals surface area contributed by atoms with Gasteiger partial charge in [-0.3, -0.25) is 4.90 Å². The molecule has 10 heavy (non-hydrogen) atoms. The van der Waals surface area contributed by atoms with Crippen LogP contribution in [-0.4, -0.2) is 35.1 Å². The lowest BCUT2D eigenvalue weighted by molar-refractivity contribution is -0.114. The molecule has 0 bridgehead atoms. The van der Waals surface area contributed by atoms with Crippen molar-refractivity contribution < 1.29 is 9.90 Å². The predicted octanol–water partition coefficient (Wildman–Crippen LogP) is -0.0120. The van der Waals surface area contributed by atoms with Crippen molar-refractivity contribution in [2.24, 2.45) is 0 Å². The Kier molecular flexibility index (Phi) is 2.40. The lowest BCUT2D eigenvalue weighted by Crippen LogP contribution is -2.37. The molecule has 0 aromatic heterocycles. The zero-order chi connectivity index (χ0) is 7.56. The first-order chi connectivity index (χ1) is 4.75. The van der Waals surface area contributed by atoms with Crippen molar-refractivity contribution in [3.8, 4) is 0 Å². The van der Waals surface area contributed by atoms with Crippen molar-refractivity contribution >= 4 is 6.29 Å². The van der Waals surface area contributed by atoms with Gasteiger partial charge in [0.1, 0.15) is 12.5 Å². The van der Waals surface area contributed by atoms with E-state index in [4.69, 9.17) is 5.11 Å². The molecule has 58 valence electrons. The third-order valence-electron chi connectivity index (χ3n) is 1.98. The third kappa shape index (κ3) is 1.36. The van der Waals surface area contributed by atoms with Crippen LogP contribution in [0.3, 0.4) is 0 Å². The van der Waals surface area contributed by atoms with Gasteiger partial charge in [-0.25, -0.2) is 0 Å². The quantitative estimate of drug-likeness (QED) is 0.553. The molecule has 0 aliphatic carbocycles. The standard InChI is InChI=1S/C7H13NO2/c1-6(10)8-4-2-3-7(8)5-9/h5-7,10H,2-4H2,1H3. The van der Waals surface area contributed by atoms with E-state index in [9.17, 15) is 4.79 Å². The van der Waals surface area contributed by atoms with Crippen molar-refractivity contribution in [2.75, 3.05) is 6.54 Å². The average molecular weight is 143 g/mol. The number of aldehydes is 1. The minimum absolute atomic E-state index is 0.0417.